The smallest absolute Gasteiger partial charge is 0.142 e. The second-order valence-electron chi connectivity index (χ2n) is 3.56. The topological polar surface area (TPSA) is 30.0 Å². The molecule has 0 atom stereocenters. The van der Waals surface area contributed by atoms with Crippen LogP contribution in [0.3, 0.4) is 0 Å². The van der Waals surface area contributed by atoms with Gasteiger partial charge >= 0.3 is 0 Å². The fourth-order valence-corrected chi connectivity index (χ4v) is 2.64. The quantitative estimate of drug-likeness (QED) is 0.855. The van der Waals surface area contributed by atoms with Gasteiger partial charge in [-0.1, -0.05) is 29.3 Å². The molecule has 5 heteroatoms. The summed E-state index contributed by atoms with van der Waals surface area (Å²) in [5.74, 6) is 0.0873. The van der Waals surface area contributed by atoms with E-state index in [2.05, 4.69) is 4.98 Å². The minimum Gasteiger partial charge on any atom is -0.299 e. The molecule has 0 radical (unpaired) electrons. The van der Waals surface area contributed by atoms with Crippen LogP contribution in [0.2, 0.25) is 10.0 Å². The first-order chi connectivity index (χ1) is 8.16. The highest BCUT2D eigenvalue weighted by atomic mass is 35.5. The predicted octanol–water partition coefficient (Wildman–Crippen LogP) is 3.80. The van der Waals surface area contributed by atoms with Crippen LogP contribution in [0.5, 0.6) is 0 Å². The van der Waals surface area contributed by atoms with Crippen molar-refractivity contribution in [2.45, 2.75) is 12.8 Å². The van der Waals surface area contributed by atoms with Gasteiger partial charge in [-0.3, -0.25) is 9.78 Å². The standard InChI is InChI=1S/C12H9Cl2NOS/c13-11-2-1-3-12(14)10(11)5-8(16)4-9-6-15-7-17-9/h1-3,6-7H,4-5H2. The molecule has 0 bridgehead atoms. The SMILES string of the molecule is O=C(Cc1cncs1)Cc1c(Cl)cccc1Cl. The van der Waals surface area contributed by atoms with Crippen molar-refractivity contribution in [1.29, 1.82) is 0 Å². The summed E-state index contributed by atoms with van der Waals surface area (Å²) in [6, 6.07) is 5.24. The molecule has 0 aliphatic rings. The molecular formula is C12H9Cl2NOS. The van der Waals surface area contributed by atoms with Crippen LogP contribution in [0.1, 0.15) is 10.4 Å². The van der Waals surface area contributed by atoms with Crippen molar-refractivity contribution >= 4 is 40.3 Å². The van der Waals surface area contributed by atoms with Gasteiger partial charge in [-0.25, -0.2) is 0 Å². The number of benzene rings is 1. The van der Waals surface area contributed by atoms with Gasteiger partial charge in [0.05, 0.1) is 5.51 Å². The number of nitrogens with zero attached hydrogens (tertiary/aromatic N) is 1. The lowest BCUT2D eigenvalue weighted by atomic mass is 10.1. The third-order valence-electron chi connectivity index (χ3n) is 2.29. The molecule has 17 heavy (non-hydrogen) atoms. The average Bonchev–Trinajstić information content (AvgIpc) is 2.76. The Balaban J connectivity index is 2.08. The second-order valence-corrected chi connectivity index (χ2v) is 5.35. The van der Waals surface area contributed by atoms with Crippen LogP contribution in [0.4, 0.5) is 0 Å². The molecule has 0 aliphatic carbocycles. The number of hydrogen-bond donors (Lipinski definition) is 0. The van der Waals surface area contributed by atoms with Crippen LogP contribution < -0.4 is 0 Å². The Kier molecular flexibility index (Phi) is 4.15. The Labute approximate surface area is 113 Å². The molecule has 0 saturated carbocycles. The molecule has 1 heterocycles. The molecule has 2 rings (SSSR count). The Morgan fingerprint density at radius 2 is 1.94 bits per heavy atom. The lowest BCUT2D eigenvalue weighted by Crippen LogP contribution is -2.06. The van der Waals surface area contributed by atoms with Crippen LogP contribution in [-0.2, 0) is 17.6 Å². The van der Waals surface area contributed by atoms with E-state index in [-0.39, 0.29) is 12.2 Å². The zero-order chi connectivity index (χ0) is 12.3. The molecule has 1 aromatic carbocycles. The minimum atomic E-state index is 0.0873. The first-order valence-electron chi connectivity index (χ1n) is 4.99. The Bertz CT molecular complexity index is 505. The molecular weight excluding hydrogens is 277 g/mol. The van der Waals surface area contributed by atoms with E-state index in [1.165, 1.54) is 11.3 Å². The molecule has 0 N–H and O–H groups in total. The number of Topliss-reactive ketones (excluding diaryl/α,β-unsaturated/α-hetero) is 1. The summed E-state index contributed by atoms with van der Waals surface area (Å²) in [6.07, 6.45) is 2.35. The molecule has 1 aromatic heterocycles. The van der Waals surface area contributed by atoms with Crippen LogP contribution in [0, 0.1) is 0 Å². The third-order valence-corrected chi connectivity index (χ3v) is 3.78. The number of carbonyl (C=O) groups is 1. The molecule has 88 valence electrons. The van der Waals surface area contributed by atoms with Crippen LogP contribution in [0.15, 0.2) is 29.9 Å². The third kappa shape index (κ3) is 3.28. The average molecular weight is 286 g/mol. The van der Waals surface area contributed by atoms with Crippen molar-refractivity contribution < 1.29 is 4.79 Å². The number of halogens is 2. The van der Waals surface area contributed by atoms with E-state index in [0.29, 0.717) is 22.0 Å². The van der Waals surface area contributed by atoms with Gasteiger partial charge in [-0.15, -0.1) is 11.3 Å². The highest BCUT2D eigenvalue weighted by molar-refractivity contribution is 7.09. The van der Waals surface area contributed by atoms with Gasteiger partial charge in [0, 0.05) is 34.0 Å². The maximum atomic E-state index is 11.8. The van der Waals surface area contributed by atoms with E-state index in [1.807, 2.05) is 0 Å². The van der Waals surface area contributed by atoms with E-state index < -0.39 is 0 Å². The summed E-state index contributed by atoms with van der Waals surface area (Å²) in [4.78, 5) is 16.7. The van der Waals surface area contributed by atoms with Gasteiger partial charge in [0.2, 0.25) is 0 Å². The van der Waals surface area contributed by atoms with Crippen molar-refractivity contribution in [3.05, 3.63) is 50.4 Å². The molecule has 2 nitrogen and oxygen atoms in total. The number of rotatable bonds is 4. The molecule has 0 spiro atoms. The first-order valence-corrected chi connectivity index (χ1v) is 6.62. The Morgan fingerprint density at radius 3 is 2.53 bits per heavy atom. The van der Waals surface area contributed by atoms with Crippen LogP contribution >= 0.6 is 34.5 Å². The van der Waals surface area contributed by atoms with E-state index in [1.54, 1.807) is 29.9 Å². The number of thiazole rings is 1. The van der Waals surface area contributed by atoms with Gasteiger partial charge in [0.25, 0.3) is 0 Å². The molecule has 2 aromatic rings. The van der Waals surface area contributed by atoms with Crippen molar-refractivity contribution in [2.75, 3.05) is 0 Å². The van der Waals surface area contributed by atoms with Gasteiger partial charge in [-0.05, 0) is 17.7 Å². The Hall–Kier alpha value is -0.900. The summed E-state index contributed by atoms with van der Waals surface area (Å²) in [6.45, 7) is 0. The fourth-order valence-electron chi connectivity index (χ4n) is 1.48. The van der Waals surface area contributed by atoms with E-state index in [4.69, 9.17) is 23.2 Å². The predicted molar refractivity (Wildman–Crippen MR) is 71.0 cm³/mol. The Morgan fingerprint density at radius 1 is 1.24 bits per heavy atom. The fraction of sp³-hybridized carbons (Fsp3) is 0.167. The summed E-state index contributed by atoms with van der Waals surface area (Å²) in [5, 5.41) is 1.07. The number of hydrogen-bond acceptors (Lipinski definition) is 3. The van der Waals surface area contributed by atoms with Gasteiger partial charge in [0.15, 0.2) is 0 Å². The first kappa shape index (κ1) is 12.6. The number of aromatic nitrogens is 1. The van der Waals surface area contributed by atoms with Crippen LogP contribution in [-0.4, -0.2) is 10.8 Å². The van der Waals surface area contributed by atoms with Crippen LogP contribution in [0.25, 0.3) is 0 Å². The van der Waals surface area contributed by atoms with E-state index >= 15 is 0 Å². The largest absolute Gasteiger partial charge is 0.299 e. The van der Waals surface area contributed by atoms with E-state index in [9.17, 15) is 4.79 Å². The van der Waals surface area contributed by atoms with Gasteiger partial charge < -0.3 is 0 Å². The van der Waals surface area contributed by atoms with Crippen molar-refractivity contribution in [3.63, 3.8) is 0 Å². The van der Waals surface area contributed by atoms with Gasteiger partial charge in [-0.2, -0.15) is 0 Å². The number of ketones is 1. The number of carbonyl (C=O) groups excluding carboxylic acids is 1. The molecule has 0 aliphatic heterocycles. The maximum absolute atomic E-state index is 11.8. The lowest BCUT2D eigenvalue weighted by molar-refractivity contribution is -0.117. The highest BCUT2D eigenvalue weighted by Gasteiger charge is 2.11. The summed E-state index contributed by atoms with van der Waals surface area (Å²) < 4.78 is 0. The van der Waals surface area contributed by atoms with Crippen molar-refractivity contribution in [1.82, 2.24) is 4.98 Å². The molecule has 0 fully saturated rings. The lowest BCUT2D eigenvalue weighted by Gasteiger charge is -2.05. The van der Waals surface area contributed by atoms with Gasteiger partial charge in [0.1, 0.15) is 5.78 Å². The minimum absolute atomic E-state index is 0.0873. The maximum Gasteiger partial charge on any atom is 0.142 e. The van der Waals surface area contributed by atoms with Crippen molar-refractivity contribution in [2.24, 2.45) is 0 Å². The highest BCUT2D eigenvalue weighted by Crippen LogP contribution is 2.25. The molecule has 0 unspecified atom stereocenters. The molecule has 0 amide bonds. The monoisotopic (exact) mass is 285 g/mol. The zero-order valence-corrected chi connectivity index (χ0v) is 11.1. The summed E-state index contributed by atoms with van der Waals surface area (Å²) in [7, 11) is 0. The second kappa shape index (κ2) is 5.63. The molecule has 0 saturated heterocycles. The summed E-state index contributed by atoms with van der Waals surface area (Å²) >= 11 is 13.5. The van der Waals surface area contributed by atoms with Crippen molar-refractivity contribution in [3.8, 4) is 0 Å². The zero-order valence-electron chi connectivity index (χ0n) is 8.82. The summed E-state index contributed by atoms with van der Waals surface area (Å²) in [5.41, 5.74) is 2.41. The van der Waals surface area contributed by atoms with E-state index in [0.717, 1.165) is 4.88 Å². The normalized spacial score (nSPS) is 10.5.